The largest absolute Gasteiger partial charge is 0.505 e. The minimum Gasteiger partial charge on any atom is -0.505 e. The van der Waals surface area contributed by atoms with Crippen molar-refractivity contribution in [3.05, 3.63) is 71.5 Å². The van der Waals surface area contributed by atoms with Crippen molar-refractivity contribution in [2.24, 2.45) is 0 Å². The lowest BCUT2D eigenvalue weighted by molar-refractivity contribution is 0.468. The van der Waals surface area contributed by atoms with Crippen LogP contribution in [0.3, 0.4) is 0 Å². The average molecular weight is 539 g/mol. The van der Waals surface area contributed by atoms with Gasteiger partial charge >= 0.3 is 0 Å². The molecular weight excluding hydrogens is 492 g/mol. The number of hydrogen-bond acceptors (Lipinski definition) is 5. The van der Waals surface area contributed by atoms with Crippen molar-refractivity contribution in [1.82, 2.24) is 15.3 Å². The molecule has 212 valence electrons. The number of hydrogen-bond donors (Lipinski definition) is 3. The van der Waals surface area contributed by atoms with Gasteiger partial charge in [-0.05, 0) is 62.8 Å². The van der Waals surface area contributed by atoms with Crippen molar-refractivity contribution >= 4 is 27.5 Å². The number of anilines is 1. The quantitative estimate of drug-likeness (QED) is 0.125. The zero-order valence-corrected chi connectivity index (χ0v) is 24.1. The highest BCUT2D eigenvalue weighted by Crippen LogP contribution is 2.33. The maximum atomic E-state index is 10.5. The molecule has 3 N–H and O–H groups in total. The van der Waals surface area contributed by atoms with Gasteiger partial charge in [0, 0.05) is 47.0 Å². The first-order valence-electron chi connectivity index (χ1n) is 15.7. The summed E-state index contributed by atoms with van der Waals surface area (Å²) in [5.41, 5.74) is 6.91. The summed E-state index contributed by atoms with van der Waals surface area (Å²) in [5, 5.41) is 20.0. The number of phenols is 1. The molecule has 4 aromatic rings. The number of aromatic nitrogens is 2. The Labute approximate surface area is 239 Å². The van der Waals surface area contributed by atoms with Crippen LogP contribution < -0.4 is 10.6 Å². The standard InChI is InChI=1S/C35H46N4O/c40-35-28(22-21-27-16-15-25-37-33(27)35)26-36-23-13-7-5-3-1-2-4-6-8-14-24-38-34-29-17-9-11-19-31(29)39-32-20-12-10-18-30(32)34/h9,11,15-17,19,21-22,25,36,40H,1-8,10,12-14,18,20,23-24,26H2,(H,38,39). The Morgan fingerprint density at radius 1 is 0.725 bits per heavy atom. The third-order valence-electron chi connectivity index (χ3n) is 8.40. The normalized spacial score (nSPS) is 13.1. The summed E-state index contributed by atoms with van der Waals surface area (Å²) in [4.78, 5) is 9.27. The molecule has 0 bridgehead atoms. The lowest BCUT2D eigenvalue weighted by Crippen LogP contribution is -2.14. The zero-order chi connectivity index (χ0) is 27.4. The number of unbranched alkanes of at least 4 members (excludes halogenated alkanes) is 9. The SMILES string of the molecule is Oc1c(CNCCCCCCCCCCCCNc2c3c(nc4ccccc24)CCCC3)ccc2cccnc12. The molecule has 0 atom stereocenters. The Bertz CT molecular complexity index is 1370. The number of nitrogens with one attached hydrogen (secondary N) is 2. The summed E-state index contributed by atoms with van der Waals surface area (Å²) in [6.45, 7) is 2.74. The van der Waals surface area contributed by atoms with Crippen molar-refractivity contribution in [2.75, 3.05) is 18.4 Å². The second kappa shape index (κ2) is 15.0. The molecular formula is C35H46N4O. The zero-order valence-electron chi connectivity index (χ0n) is 24.1. The van der Waals surface area contributed by atoms with Crippen LogP contribution in [0.15, 0.2) is 54.7 Å². The number of fused-ring (bicyclic) bond motifs is 3. The Balaban J connectivity index is 0.879. The summed E-state index contributed by atoms with van der Waals surface area (Å²) < 4.78 is 0. The van der Waals surface area contributed by atoms with Gasteiger partial charge in [0.25, 0.3) is 0 Å². The van der Waals surface area contributed by atoms with Crippen LogP contribution in [0.2, 0.25) is 0 Å². The fourth-order valence-electron chi connectivity index (χ4n) is 6.11. The first kappa shape index (κ1) is 28.4. The van der Waals surface area contributed by atoms with Crippen molar-refractivity contribution in [3.8, 4) is 5.75 Å². The van der Waals surface area contributed by atoms with E-state index in [4.69, 9.17) is 4.98 Å². The molecule has 5 heteroatoms. The van der Waals surface area contributed by atoms with Crippen LogP contribution in [0.25, 0.3) is 21.8 Å². The minimum atomic E-state index is 0.308. The first-order valence-corrected chi connectivity index (χ1v) is 15.7. The van der Waals surface area contributed by atoms with Gasteiger partial charge in [-0.25, -0.2) is 0 Å². The third-order valence-corrected chi connectivity index (χ3v) is 8.40. The van der Waals surface area contributed by atoms with Crippen LogP contribution in [-0.2, 0) is 19.4 Å². The molecule has 1 aliphatic carbocycles. The molecule has 2 aromatic carbocycles. The topological polar surface area (TPSA) is 70.1 Å². The van der Waals surface area contributed by atoms with E-state index in [-0.39, 0.29) is 0 Å². The molecule has 0 aliphatic heterocycles. The van der Waals surface area contributed by atoms with E-state index in [1.165, 1.54) is 106 Å². The minimum absolute atomic E-state index is 0.308. The van der Waals surface area contributed by atoms with Gasteiger partial charge in [-0.15, -0.1) is 0 Å². The molecule has 40 heavy (non-hydrogen) atoms. The van der Waals surface area contributed by atoms with Crippen molar-refractivity contribution in [2.45, 2.75) is 96.4 Å². The number of aromatic hydroxyl groups is 1. The summed E-state index contributed by atoms with van der Waals surface area (Å²) in [5.74, 6) is 0.308. The Morgan fingerprint density at radius 2 is 1.45 bits per heavy atom. The monoisotopic (exact) mass is 538 g/mol. The van der Waals surface area contributed by atoms with E-state index in [1.807, 2.05) is 24.3 Å². The average Bonchev–Trinajstić information content (AvgIpc) is 2.99. The molecule has 0 amide bonds. The van der Waals surface area contributed by atoms with E-state index in [0.29, 0.717) is 17.8 Å². The van der Waals surface area contributed by atoms with E-state index in [0.717, 1.165) is 36.0 Å². The Morgan fingerprint density at radius 3 is 2.27 bits per heavy atom. The number of nitrogens with zero attached hydrogens (tertiary/aromatic N) is 2. The van der Waals surface area contributed by atoms with Crippen LogP contribution in [-0.4, -0.2) is 28.2 Å². The predicted octanol–water partition coefficient (Wildman–Crippen LogP) is 8.47. The highest BCUT2D eigenvalue weighted by Gasteiger charge is 2.17. The molecule has 0 spiro atoms. The number of phenolic OH excluding ortho intramolecular Hbond substituents is 1. The first-order chi connectivity index (χ1) is 19.8. The van der Waals surface area contributed by atoms with Gasteiger partial charge in [0.05, 0.1) is 5.52 Å². The van der Waals surface area contributed by atoms with Gasteiger partial charge in [-0.2, -0.15) is 0 Å². The van der Waals surface area contributed by atoms with Gasteiger partial charge in [-0.3, -0.25) is 9.97 Å². The Hall–Kier alpha value is -3.18. The molecule has 0 unspecified atom stereocenters. The molecule has 5 rings (SSSR count). The van der Waals surface area contributed by atoms with Crippen LogP contribution in [0.1, 0.15) is 93.9 Å². The highest BCUT2D eigenvalue weighted by molar-refractivity contribution is 5.93. The number of aryl methyl sites for hydroxylation is 1. The summed E-state index contributed by atoms with van der Waals surface area (Å²) in [6.07, 6.45) is 19.7. The van der Waals surface area contributed by atoms with Gasteiger partial charge in [0.15, 0.2) is 0 Å². The fourth-order valence-corrected chi connectivity index (χ4v) is 6.11. The Kier molecular flexibility index (Phi) is 10.6. The summed E-state index contributed by atoms with van der Waals surface area (Å²) in [7, 11) is 0. The number of rotatable bonds is 16. The number of para-hydroxylation sites is 1. The molecule has 0 radical (unpaired) electrons. The smallest absolute Gasteiger partial charge is 0.146 e. The molecule has 0 saturated heterocycles. The van der Waals surface area contributed by atoms with Gasteiger partial charge in [0.2, 0.25) is 0 Å². The van der Waals surface area contributed by atoms with E-state index in [9.17, 15) is 5.11 Å². The second-order valence-corrected chi connectivity index (χ2v) is 11.4. The highest BCUT2D eigenvalue weighted by atomic mass is 16.3. The predicted molar refractivity (Wildman–Crippen MR) is 168 cm³/mol. The van der Waals surface area contributed by atoms with Crippen molar-refractivity contribution in [1.29, 1.82) is 0 Å². The van der Waals surface area contributed by atoms with E-state index in [2.05, 4.69) is 39.9 Å². The fraction of sp³-hybridized carbons (Fsp3) is 0.486. The van der Waals surface area contributed by atoms with Crippen LogP contribution in [0.5, 0.6) is 5.75 Å². The van der Waals surface area contributed by atoms with E-state index in [1.54, 1.807) is 6.20 Å². The van der Waals surface area contributed by atoms with Crippen LogP contribution in [0.4, 0.5) is 5.69 Å². The molecule has 0 fully saturated rings. The van der Waals surface area contributed by atoms with E-state index >= 15 is 0 Å². The van der Waals surface area contributed by atoms with Crippen molar-refractivity contribution < 1.29 is 5.11 Å². The third kappa shape index (κ3) is 7.51. The maximum Gasteiger partial charge on any atom is 0.146 e. The molecule has 0 saturated carbocycles. The summed E-state index contributed by atoms with van der Waals surface area (Å²) in [6, 6.07) is 16.5. The van der Waals surface area contributed by atoms with Crippen molar-refractivity contribution in [3.63, 3.8) is 0 Å². The van der Waals surface area contributed by atoms with Gasteiger partial charge in [-0.1, -0.05) is 87.8 Å². The maximum absolute atomic E-state index is 10.5. The molecule has 5 nitrogen and oxygen atoms in total. The van der Waals surface area contributed by atoms with E-state index < -0.39 is 0 Å². The van der Waals surface area contributed by atoms with Gasteiger partial charge < -0.3 is 15.7 Å². The molecule has 2 aromatic heterocycles. The summed E-state index contributed by atoms with van der Waals surface area (Å²) >= 11 is 0. The van der Waals surface area contributed by atoms with Crippen LogP contribution in [0, 0.1) is 0 Å². The van der Waals surface area contributed by atoms with Gasteiger partial charge in [0.1, 0.15) is 11.3 Å². The second-order valence-electron chi connectivity index (χ2n) is 11.4. The van der Waals surface area contributed by atoms with Crippen LogP contribution >= 0.6 is 0 Å². The number of benzene rings is 2. The molecule has 1 aliphatic rings. The lowest BCUT2D eigenvalue weighted by atomic mass is 9.92. The lowest BCUT2D eigenvalue weighted by Gasteiger charge is -2.21. The molecule has 2 heterocycles. The number of pyridine rings is 2.